The summed E-state index contributed by atoms with van der Waals surface area (Å²) in [5, 5.41) is -0.617. The Hall–Kier alpha value is -2.11. The molecule has 1 aromatic rings. The molecule has 1 amide bonds. The van der Waals surface area contributed by atoms with Gasteiger partial charge in [-0.1, -0.05) is 18.2 Å². The lowest BCUT2D eigenvalue weighted by Crippen LogP contribution is -2.66. The number of amides is 1. The summed E-state index contributed by atoms with van der Waals surface area (Å²) in [5.41, 5.74) is 0.758. The molecule has 0 bridgehead atoms. The van der Waals surface area contributed by atoms with Gasteiger partial charge in [-0.15, -0.1) is 11.8 Å². The molecule has 0 aromatic heterocycles. The number of hydrogen-bond donors (Lipinski definition) is 0. The standard InChI is InChI=1S/C17H17NO8S2/c1-17(2)11(18-12(19)10(13(18)27-17)26-28(3,22)23)15(21)25-16-9-7-5-4-6-8(9)14(20)24-16/h4-7,10-11,13,16H,1-3H3/t10-,11+,13-,16?/m1/s1. The van der Waals surface area contributed by atoms with Gasteiger partial charge in [-0.25, -0.2) is 9.59 Å². The van der Waals surface area contributed by atoms with Crippen molar-refractivity contribution in [2.75, 3.05) is 6.26 Å². The van der Waals surface area contributed by atoms with Gasteiger partial charge < -0.3 is 14.4 Å². The molecule has 0 radical (unpaired) electrons. The molecule has 4 rings (SSSR count). The number of nitrogens with zero attached hydrogens (tertiary/aromatic N) is 1. The van der Waals surface area contributed by atoms with E-state index in [1.54, 1.807) is 38.1 Å². The normalized spacial score (nSPS) is 30.3. The maximum absolute atomic E-state index is 12.9. The number of fused-ring (bicyclic) bond motifs is 2. The van der Waals surface area contributed by atoms with E-state index in [2.05, 4.69) is 0 Å². The Bertz CT molecular complexity index is 989. The fourth-order valence-electron chi connectivity index (χ4n) is 3.61. The lowest BCUT2D eigenvalue weighted by atomic mass is 9.97. The molecule has 28 heavy (non-hydrogen) atoms. The van der Waals surface area contributed by atoms with Crippen LogP contribution < -0.4 is 0 Å². The second-order valence-electron chi connectivity index (χ2n) is 7.24. The summed E-state index contributed by atoms with van der Waals surface area (Å²) >= 11 is 1.26. The van der Waals surface area contributed by atoms with E-state index >= 15 is 0 Å². The van der Waals surface area contributed by atoms with Gasteiger partial charge in [0.2, 0.25) is 0 Å². The summed E-state index contributed by atoms with van der Waals surface area (Å²) in [7, 11) is -3.82. The van der Waals surface area contributed by atoms with Crippen molar-refractivity contribution in [3.05, 3.63) is 35.4 Å². The third kappa shape index (κ3) is 2.97. The molecule has 1 unspecified atom stereocenters. The van der Waals surface area contributed by atoms with Gasteiger partial charge in [-0.05, 0) is 19.9 Å². The quantitative estimate of drug-likeness (QED) is 0.391. The minimum atomic E-state index is -3.82. The molecule has 0 spiro atoms. The van der Waals surface area contributed by atoms with Crippen LogP contribution in [0.1, 0.15) is 36.1 Å². The fourth-order valence-corrected chi connectivity index (χ4v) is 5.84. The van der Waals surface area contributed by atoms with Crippen molar-refractivity contribution >= 4 is 39.7 Å². The Balaban J connectivity index is 1.54. The summed E-state index contributed by atoms with van der Waals surface area (Å²) in [4.78, 5) is 38.5. The van der Waals surface area contributed by atoms with E-state index < -0.39 is 56.5 Å². The van der Waals surface area contributed by atoms with Gasteiger partial charge in [0.15, 0.2) is 6.10 Å². The van der Waals surface area contributed by atoms with Gasteiger partial charge in [0, 0.05) is 10.3 Å². The van der Waals surface area contributed by atoms with Crippen LogP contribution in [0, 0.1) is 0 Å². The number of esters is 2. The Morgan fingerprint density at radius 1 is 1.25 bits per heavy atom. The summed E-state index contributed by atoms with van der Waals surface area (Å²) in [6.07, 6.45) is -1.48. The van der Waals surface area contributed by atoms with E-state index in [0.29, 0.717) is 11.1 Å². The molecule has 3 heterocycles. The smallest absolute Gasteiger partial charge is 0.342 e. The molecule has 1 aromatic carbocycles. The van der Waals surface area contributed by atoms with Crippen LogP contribution in [0.5, 0.6) is 0 Å². The van der Waals surface area contributed by atoms with Gasteiger partial charge in [0.05, 0.1) is 11.8 Å². The highest BCUT2D eigenvalue weighted by molar-refractivity contribution is 8.01. The number of thioether (sulfide) groups is 1. The Labute approximate surface area is 165 Å². The minimum Gasteiger partial charge on any atom is -0.419 e. The molecular weight excluding hydrogens is 410 g/mol. The lowest BCUT2D eigenvalue weighted by molar-refractivity contribution is -0.183. The highest BCUT2D eigenvalue weighted by atomic mass is 32.2. The molecule has 3 aliphatic rings. The summed E-state index contributed by atoms with van der Waals surface area (Å²) in [6.45, 7) is 3.50. The molecular formula is C17H17NO8S2. The first kappa shape index (κ1) is 19.2. The predicted octanol–water partition coefficient (Wildman–Crippen LogP) is 0.806. The van der Waals surface area contributed by atoms with Gasteiger partial charge in [-0.2, -0.15) is 8.42 Å². The van der Waals surface area contributed by atoms with Gasteiger partial charge in [0.25, 0.3) is 22.3 Å². The predicted molar refractivity (Wildman–Crippen MR) is 96.5 cm³/mol. The maximum Gasteiger partial charge on any atom is 0.342 e. The zero-order chi connectivity index (χ0) is 20.4. The third-order valence-electron chi connectivity index (χ3n) is 4.77. The number of carbonyl (C=O) groups is 3. The van der Waals surface area contributed by atoms with E-state index in [1.807, 2.05) is 0 Å². The highest BCUT2D eigenvalue weighted by Gasteiger charge is 2.65. The molecule has 0 N–H and O–H groups in total. The number of β-lactam (4-membered cyclic amide) rings is 1. The van der Waals surface area contributed by atoms with Crippen LogP contribution in [0.3, 0.4) is 0 Å². The fraction of sp³-hybridized carbons (Fsp3) is 0.471. The van der Waals surface area contributed by atoms with Crippen LogP contribution in [0.25, 0.3) is 0 Å². The van der Waals surface area contributed by atoms with Crippen molar-refractivity contribution in [2.24, 2.45) is 0 Å². The van der Waals surface area contributed by atoms with Crippen LogP contribution in [-0.4, -0.2) is 59.7 Å². The molecule has 0 aliphatic carbocycles. The van der Waals surface area contributed by atoms with Crippen LogP contribution in [0.2, 0.25) is 0 Å². The number of carbonyl (C=O) groups excluding carboxylic acids is 3. The lowest BCUT2D eigenvalue weighted by Gasteiger charge is -2.42. The molecule has 3 aliphatic heterocycles. The summed E-state index contributed by atoms with van der Waals surface area (Å²) in [5.74, 6) is -1.92. The largest absolute Gasteiger partial charge is 0.419 e. The minimum absolute atomic E-state index is 0.319. The van der Waals surface area contributed by atoms with E-state index in [1.165, 1.54) is 16.7 Å². The second-order valence-corrected chi connectivity index (χ2v) is 10.6. The molecule has 2 saturated heterocycles. The van der Waals surface area contributed by atoms with Crippen LogP contribution in [0.15, 0.2) is 24.3 Å². The molecule has 2 fully saturated rings. The van der Waals surface area contributed by atoms with Crippen molar-refractivity contribution in [3.8, 4) is 0 Å². The van der Waals surface area contributed by atoms with Gasteiger partial charge in [-0.3, -0.25) is 8.98 Å². The SMILES string of the molecule is CC1(C)S[C@@H]2[C@H](OS(C)(=O)=O)C(=O)N2[C@H]1C(=O)OC1OC(=O)c2ccccc21. The first-order chi connectivity index (χ1) is 13.0. The van der Waals surface area contributed by atoms with Crippen LogP contribution in [-0.2, 0) is 33.4 Å². The number of hydrogen-bond acceptors (Lipinski definition) is 9. The van der Waals surface area contributed by atoms with E-state index in [9.17, 15) is 22.8 Å². The topological polar surface area (TPSA) is 116 Å². The van der Waals surface area contributed by atoms with Gasteiger partial charge >= 0.3 is 11.9 Å². The van der Waals surface area contributed by atoms with E-state index in [-0.39, 0.29) is 0 Å². The first-order valence-electron chi connectivity index (χ1n) is 8.38. The Morgan fingerprint density at radius 3 is 2.61 bits per heavy atom. The van der Waals surface area contributed by atoms with E-state index in [0.717, 1.165) is 6.26 Å². The molecule has 150 valence electrons. The Morgan fingerprint density at radius 2 is 1.93 bits per heavy atom. The molecule has 9 nitrogen and oxygen atoms in total. The maximum atomic E-state index is 12.9. The number of cyclic esters (lactones) is 1. The van der Waals surface area contributed by atoms with E-state index in [4.69, 9.17) is 13.7 Å². The highest BCUT2D eigenvalue weighted by Crippen LogP contribution is 2.52. The summed E-state index contributed by atoms with van der Waals surface area (Å²) in [6, 6.07) is 5.59. The van der Waals surface area contributed by atoms with Crippen molar-refractivity contribution in [3.63, 3.8) is 0 Å². The zero-order valence-electron chi connectivity index (χ0n) is 15.1. The number of ether oxygens (including phenoxy) is 2. The average Bonchev–Trinajstić information content (AvgIpc) is 3.04. The monoisotopic (exact) mass is 427 g/mol. The van der Waals surface area contributed by atoms with Crippen molar-refractivity contribution < 1.29 is 36.5 Å². The second kappa shape index (κ2) is 6.19. The number of benzene rings is 1. The number of rotatable bonds is 4. The molecule has 4 atom stereocenters. The van der Waals surface area contributed by atoms with Crippen molar-refractivity contribution in [1.29, 1.82) is 0 Å². The molecule has 11 heteroatoms. The first-order valence-corrected chi connectivity index (χ1v) is 11.1. The average molecular weight is 427 g/mol. The zero-order valence-corrected chi connectivity index (χ0v) is 16.8. The van der Waals surface area contributed by atoms with Crippen LogP contribution >= 0.6 is 11.8 Å². The van der Waals surface area contributed by atoms with Crippen molar-refractivity contribution in [1.82, 2.24) is 4.90 Å². The van der Waals surface area contributed by atoms with Crippen LogP contribution in [0.4, 0.5) is 0 Å². The summed E-state index contributed by atoms with van der Waals surface area (Å²) < 4.78 is 37.4. The van der Waals surface area contributed by atoms with Gasteiger partial charge in [0.1, 0.15) is 11.4 Å². The Kier molecular flexibility index (Phi) is 4.25. The third-order valence-corrected chi connectivity index (χ3v) is 6.87. The molecule has 0 saturated carbocycles. The van der Waals surface area contributed by atoms with Crippen molar-refractivity contribution in [2.45, 2.75) is 42.4 Å².